The van der Waals surface area contributed by atoms with Gasteiger partial charge in [0.05, 0.1) is 36.2 Å². The molecule has 1 atom stereocenters. The fraction of sp³-hybridized carbons (Fsp3) is 0.130. The minimum Gasteiger partial charge on any atom is -0.486 e. The predicted octanol–water partition coefficient (Wildman–Crippen LogP) is 13.4. The number of hydrogen-bond donors (Lipinski definition) is 0. The Balaban J connectivity index is 0.000000167. The Morgan fingerprint density at radius 3 is 2.29 bits per heavy atom. The van der Waals surface area contributed by atoms with Gasteiger partial charge in [-0.15, -0.1) is 54.1 Å². The molecule has 0 amide bonds. The van der Waals surface area contributed by atoms with Gasteiger partial charge in [0.15, 0.2) is 5.58 Å². The minimum atomic E-state index is -1.77. The average Bonchev–Trinajstić information content (AvgIpc) is 4.00. The normalized spacial score (nSPS) is 12.9. The monoisotopic (exact) mass is 1000 g/mol. The van der Waals surface area contributed by atoms with Crippen LogP contribution in [0.4, 0.5) is 0 Å². The maximum atomic E-state index is 9.04. The number of aromatic nitrogens is 4. The van der Waals surface area contributed by atoms with E-state index in [2.05, 4.69) is 82.7 Å². The van der Waals surface area contributed by atoms with Crippen molar-refractivity contribution < 1.29 is 31.7 Å². The Bertz CT molecular complexity index is 3470. The summed E-state index contributed by atoms with van der Waals surface area (Å²) in [6.45, 7) is 10.7. The van der Waals surface area contributed by atoms with Crippen LogP contribution in [0.2, 0.25) is 19.6 Å². The summed E-state index contributed by atoms with van der Waals surface area (Å²) in [6.07, 6.45) is 0.400. The van der Waals surface area contributed by atoms with Crippen molar-refractivity contribution in [3.05, 3.63) is 187 Å². The Morgan fingerprint density at radius 1 is 0.710 bits per heavy atom. The molecule has 0 saturated carbocycles. The predicted molar refractivity (Wildman–Crippen MR) is 252 cm³/mol. The molecule has 1 unspecified atom stereocenters. The van der Waals surface area contributed by atoms with E-state index in [0.29, 0.717) is 5.71 Å². The number of fused-ring (bicyclic) bond motifs is 7. The van der Waals surface area contributed by atoms with Gasteiger partial charge in [-0.2, -0.15) is 0 Å². The first-order valence-corrected chi connectivity index (χ1v) is 24.1. The molecule has 5 heterocycles. The summed E-state index contributed by atoms with van der Waals surface area (Å²) in [5.41, 5.74) is 10.9. The molecule has 0 fully saturated rings. The molecule has 1 radical (unpaired) electrons. The molecule has 8 heteroatoms. The standard InChI is InChI=1S/C31H18N3O2.C23H26NSi.Ir/c1-18-16-17-22-21-9-6-11-23(28(21)36-31(22)32-18)30-33-24-12-3-4-13-25(24)34(30)26-14-7-10-20-19-8-2-5-15-27(19)35-29(20)26;1-18(19-11-7-5-8-12-19)15-21-16-22(20-13-9-6-10-14-20)24-17-23(21)25(2,3)4;/h2-10,12-17H,1H3;5-13,16-18H,15H2,1-4H3;/q2*-1;/i;15D2;. The maximum Gasteiger partial charge on any atom is 0.216 e. The summed E-state index contributed by atoms with van der Waals surface area (Å²) in [6, 6.07) is 56.7. The van der Waals surface area contributed by atoms with Crippen molar-refractivity contribution in [1.82, 2.24) is 19.5 Å². The van der Waals surface area contributed by atoms with Crippen molar-refractivity contribution in [3.63, 3.8) is 0 Å². The first-order valence-electron chi connectivity index (χ1n) is 21.6. The third-order valence-electron chi connectivity index (χ3n) is 11.2. The van der Waals surface area contributed by atoms with Crippen LogP contribution in [0.5, 0.6) is 0 Å². The van der Waals surface area contributed by atoms with Crippen LogP contribution in [0, 0.1) is 19.1 Å². The van der Waals surface area contributed by atoms with Gasteiger partial charge in [-0.25, -0.2) is 4.98 Å². The van der Waals surface area contributed by atoms with Crippen LogP contribution >= 0.6 is 0 Å². The third kappa shape index (κ3) is 7.60. The number of aryl methyl sites for hydroxylation is 1. The van der Waals surface area contributed by atoms with E-state index in [1.54, 1.807) is 0 Å². The second-order valence-electron chi connectivity index (χ2n) is 16.4. The van der Waals surface area contributed by atoms with E-state index in [4.69, 9.17) is 16.6 Å². The Labute approximate surface area is 378 Å². The molecular formula is C54H44IrN4O2Si-2. The quantitative estimate of drug-likeness (QED) is 0.118. The topological polar surface area (TPSA) is 69.9 Å². The van der Waals surface area contributed by atoms with Gasteiger partial charge in [0.1, 0.15) is 5.58 Å². The number of pyridine rings is 2. The van der Waals surface area contributed by atoms with E-state index in [-0.39, 0.29) is 26.0 Å². The van der Waals surface area contributed by atoms with Gasteiger partial charge in [-0.3, -0.25) is 4.98 Å². The zero-order chi connectivity index (χ0) is 43.5. The number of furan rings is 2. The number of hydrogen-bond acceptors (Lipinski definition) is 5. The number of benzene rings is 6. The van der Waals surface area contributed by atoms with Crippen molar-refractivity contribution in [3.8, 4) is 28.3 Å². The molecule has 11 rings (SSSR count). The second-order valence-corrected chi connectivity index (χ2v) is 21.5. The van der Waals surface area contributed by atoms with Gasteiger partial charge in [0.2, 0.25) is 5.71 Å². The van der Waals surface area contributed by atoms with E-state index in [1.807, 2.05) is 135 Å². The van der Waals surface area contributed by atoms with Crippen LogP contribution in [0.3, 0.4) is 0 Å². The number of rotatable bonds is 7. The molecule has 5 aromatic heterocycles. The smallest absolute Gasteiger partial charge is 0.216 e. The molecule has 0 spiro atoms. The van der Waals surface area contributed by atoms with Crippen molar-refractivity contribution in [2.75, 3.05) is 0 Å². The molecule has 6 aromatic carbocycles. The zero-order valence-electron chi connectivity index (χ0n) is 37.0. The molecular weight excluding hydrogens is 957 g/mol. The molecule has 0 aliphatic carbocycles. The minimum absolute atomic E-state index is 0. The summed E-state index contributed by atoms with van der Waals surface area (Å²) in [5, 5.41) is 5.21. The van der Waals surface area contributed by atoms with Gasteiger partial charge in [0, 0.05) is 50.9 Å². The third-order valence-corrected chi connectivity index (χ3v) is 13.2. The van der Waals surface area contributed by atoms with Gasteiger partial charge in [-0.05, 0) is 72.1 Å². The molecule has 0 N–H and O–H groups in total. The molecule has 11 aromatic rings. The van der Waals surface area contributed by atoms with Crippen LogP contribution in [-0.2, 0) is 26.5 Å². The van der Waals surface area contributed by atoms with E-state index in [9.17, 15) is 0 Å². The van der Waals surface area contributed by atoms with Gasteiger partial charge < -0.3 is 18.4 Å². The van der Waals surface area contributed by atoms with E-state index in [1.165, 1.54) is 0 Å². The Kier molecular flexibility index (Phi) is 10.4. The van der Waals surface area contributed by atoms with Gasteiger partial charge in [-0.1, -0.05) is 122 Å². The van der Waals surface area contributed by atoms with Crippen LogP contribution in [0.1, 0.15) is 32.4 Å². The average molecular weight is 1000 g/mol. The van der Waals surface area contributed by atoms with E-state index in [0.717, 1.165) is 99.7 Å². The van der Waals surface area contributed by atoms with Crippen LogP contribution in [-0.4, -0.2) is 27.6 Å². The maximum absolute atomic E-state index is 9.04. The molecule has 307 valence electrons. The van der Waals surface area contributed by atoms with Crippen LogP contribution in [0.15, 0.2) is 167 Å². The van der Waals surface area contributed by atoms with Crippen molar-refractivity contribution >= 4 is 68.3 Å². The molecule has 0 aliphatic heterocycles. The van der Waals surface area contributed by atoms with E-state index < -0.39 is 14.4 Å². The molecule has 0 aliphatic rings. The molecule has 62 heavy (non-hydrogen) atoms. The molecule has 0 bridgehead atoms. The first-order chi connectivity index (χ1) is 30.5. The Hall–Kier alpha value is -6.44. The van der Waals surface area contributed by atoms with Crippen LogP contribution in [0.25, 0.3) is 83.4 Å². The Morgan fingerprint density at radius 2 is 1.47 bits per heavy atom. The SMILES string of the molecule is Cc1ccc2c(n1)oc1c(-c3nc4ccccc4n3-c3cccc4c3oc3ccccc34)[c-]ccc12.[2H]C([2H])(c1cc(-c2[c-]cccc2)ncc1[Si](C)(C)C)C(C)c1ccccc1.[Ir]. The number of para-hydroxylation sites is 4. The van der Waals surface area contributed by atoms with Crippen molar-refractivity contribution in [1.29, 1.82) is 0 Å². The van der Waals surface area contributed by atoms with Crippen molar-refractivity contribution in [2.45, 2.75) is 45.8 Å². The van der Waals surface area contributed by atoms with Crippen LogP contribution < -0.4 is 5.19 Å². The largest absolute Gasteiger partial charge is 0.486 e. The summed E-state index contributed by atoms with van der Waals surface area (Å²) >= 11 is 0. The summed E-state index contributed by atoms with van der Waals surface area (Å²) in [7, 11) is -1.77. The first kappa shape index (κ1) is 38.5. The van der Waals surface area contributed by atoms with Gasteiger partial charge >= 0.3 is 0 Å². The van der Waals surface area contributed by atoms with E-state index >= 15 is 0 Å². The fourth-order valence-electron chi connectivity index (χ4n) is 8.16. The number of imidazole rings is 1. The van der Waals surface area contributed by atoms with Crippen molar-refractivity contribution in [2.24, 2.45) is 0 Å². The number of nitrogens with zero attached hydrogens (tertiary/aromatic N) is 4. The van der Waals surface area contributed by atoms with Gasteiger partial charge in [0.25, 0.3) is 0 Å². The summed E-state index contributed by atoms with van der Waals surface area (Å²) < 4.78 is 33.0. The second kappa shape index (κ2) is 16.8. The zero-order valence-corrected chi connectivity index (χ0v) is 38.4. The molecule has 6 nitrogen and oxygen atoms in total. The summed E-state index contributed by atoms with van der Waals surface area (Å²) in [5.74, 6) is 0.481. The fourth-order valence-corrected chi connectivity index (χ4v) is 9.56. The molecule has 0 saturated heterocycles. The summed E-state index contributed by atoms with van der Waals surface area (Å²) in [4.78, 5) is 14.3.